The number of nitrogens with zero attached hydrogens (tertiary/aromatic N) is 1. The smallest absolute Gasteiger partial charge is 0.225 e. The van der Waals surface area contributed by atoms with E-state index in [-0.39, 0.29) is 24.3 Å². The molecule has 0 aromatic heterocycles. The summed E-state index contributed by atoms with van der Waals surface area (Å²) in [5, 5.41) is 11.8. The summed E-state index contributed by atoms with van der Waals surface area (Å²) in [5.74, 6) is -0.152. The number of amides is 1. The van der Waals surface area contributed by atoms with Gasteiger partial charge in [-0.3, -0.25) is 4.79 Å². The van der Waals surface area contributed by atoms with Crippen LogP contribution < -0.4 is 5.32 Å². The Balaban J connectivity index is 3.81. The van der Waals surface area contributed by atoms with Gasteiger partial charge in [-0.25, -0.2) is 0 Å². The van der Waals surface area contributed by atoms with Crippen LogP contribution in [0.2, 0.25) is 0 Å². The zero-order valence-electron chi connectivity index (χ0n) is 9.58. The highest BCUT2D eigenvalue weighted by Crippen LogP contribution is 2.09. The molecule has 0 heterocycles. The van der Waals surface area contributed by atoms with E-state index in [1.54, 1.807) is 0 Å². The number of aliphatic hydroxyl groups is 1. The van der Waals surface area contributed by atoms with Crippen LogP contribution in [0.1, 0.15) is 13.8 Å². The summed E-state index contributed by atoms with van der Waals surface area (Å²) in [5.41, 5.74) is 0. The minimum absolute atomic E-state index is 0.0515. The molecule has 0 bridgehead atoms. The van der Waals surface area contributed by atoms with E-state index in [2.05, 4.69) is 5.32 Å². The number of rotatable bonds is 6. The van der Waals surface area contributed by atoms with Crippen LogP contribution in [0.25, 0.3) is 0 Å². The van der Waals surface area contributed by atoms with Crippen LogP contribution in [0, 0.1) is 11.8 Å². The second-order valence-corrected chi connectivity index (χ2v) is 4.13. The Kier molecular flexibility index (Phi) is 6.49. The predicted molar refractivity (Wildman–Crippen MR) is 57.0 cm³/mol. The van der Waals surface area contributed by atoms with Crippen molar-refractivity contribution < 1.29 is 9.90 Å². The van der Waals surface area contributed by atoms with Gasteiger partial charge in [-0.15, -0.1) is 0 Å². The summed E-state index contributed by atoms with van der Waals surface area (Å²) in [4.78, 5) is 13.5. The maximum Gasteiger partial charge on any atom is 0.225 e. The van der Waals surface area contributed by atoms with Gasteiger partial charge in [0.15, 0.2) is 0 Å². The summed E-state index contributed by atoms with van der Waals surface area (Å²) < 4.78 is 0. The minimum Gasteiger partial charge on any atom is -0.396 e. The predicted octanol–water partition coefficient (Wildman–Crippen LogP) is -0.0713. The summed E-state index contributed by atoms with van der Waals surface area (Å²) in [6.45, 7) is 5.25. The molecule has 1 unspecified atom stereocenters. The van der Waals surface area contributed by atoms with E-state index < -0.39 is 0 Å². The number of nitrogens with one attached hydrogen (secondary N) is 1. The highest BCUT2D eigenvalue weighted by atomic mass is 16.3. The van der Waals surface area contributed by atoms with Crippen LogP contribution in [0.4, 0.5) is 0 Å². The maximum atomic E-state index is 11.5. The van der Waals surface area contributed by atoms with Crippen molar-refractivity contribution in [2.75, 3.05) is 33.8 Å². The molecule has 2 N–H and O–H groups in total. The van der Waals surface area contributed by atoms with Crippen molar-refractivity contribution >= 4 is 5.91 Å². The third kappa shape index (κ3) is 5.19. The van der Waals surface area contributed by atoms with Gasteiger partial charge < -0.3 is 15.3 Å². The molecule has 0 aliphatic carbocycles. The van der Waals surface area contributed by atoms with Crippen LogP contribution in [-0.4, -0.2) is 49.7 Å². The van der Waals surface area contributed by atoms with E-state index in [1.807, 2.05) is 32.8 Å². The lowest BCUT2D eigenvalue weighted by molar-refractivity contribution is -0.127. The fourth-order valence-corrected chi connectivity index (χ4v) is 1.13. The Labute approximate surface area is 86.3 Å². The van der Waals surface area contributed by atoms with Crippen molar-refractivity contribution in [1.29, 1.82) is 0 Å². The maximum absolute atomic E-state index is 11.5. The highest BCUT2D eigenvalue weighted by Gasteiger charge is 2.20. The molecule has 4 heteroatoms. The molecule has 0 radical (unpaired) electrons. The van der Waals surface area contributed by atoms with Crippen molar-refractivity contribution in [1.82, 2.24) is 10.2 Å². The monoisotopic (exact) mass is 202 g/mol. The molecule has 0 saturated heterocycles. The molecule has 0 rings (SSSR count). The molecule has 0 aromatic carbocycles. The molecular weight excluding hydrogens is 180 g/mol. The molecule has 0 aliphatic rings. The SMILES string of the molecule is CC(C)C(CO)C(=O)NCCN(C)C. The van der Waals surface area contributed by atoms with Gasteiger partial charge in [0.05, 0.1) is 12.5 Å². The number of hydrogen-bond acceptors (Lipinski definition) is 3. The quantitative estimate of drug-likeness (QED) is 0.634. The summed E-state index contributed by atoms with van der Waals surface area (Å²) in [6, 6.07) is 0. The molecule has 4 nitrogen and oxygen atoms in total. The Bertz CT molecular complexity index is 170. The molecule has 0 spiro atoms. The van der Waals surface area contributed by atoms with E-state index in [0.717, 1.165) is 6.54 Å². The molecular formula is C10H22N2O2. The fourth-order valence-electron chi connectivity index (χ4n) is 1.13. The third-order valence-electron chi connectivity index (χ3n) is 2.20. The average Bonchev–Trinajstić information content (AvgIpc) is 2.03. The van der Waals surface area contributed by atoms with Crippen molar-refractivity contribution in [3.63, 3.8) is 0 Å². The number of hydrogen-bond donors (Lipinski definition) is 2. The number of carbonyl (C=O) groups is 1. The van der Waals surface area contributed by atoms with Gasteiger partial charge in [0.2, 0.25) is 5.91 Å². The molecule has 0 aromatic rings. The molecule has 0 saturated carbocycles. The normalized spacial score (nSPS) is 13.4. The first-order valence-electron chi connectivity index (χ1n) is 5.02. The molecule has 14 heavy (non-hydrogen) atoms. The van der Waals surface area contributed by atoms with Gasteiger partial charge in [0.1, 0.15) is 0 Å². The van der Waals surface area contributed by atoms with E-state index >= 15 is 0 Å². The molecule has 84 valence electrons. The van der Waals surface area contributed by atoms with Crippen LogP contribution in [-0.2, 0) is 4.79 Å². The van der Waals surface area contributed by atoms with Gasteiger partial charge in [0.25, 0.3) is 0 Å². The van der Waals surface area contributed by atoms with Crippen LogP contribution in [0.5, 0.6) is 0 Å². The van der Waals surface area contributed by atoms with E-state index in [4.69, 9.17) is 5.11 Å². The van der Waals surface area contributed by atoms with Crippen molar-refractivity contribution in [3.8, 4) is 0 Å². The zero-order valence-corrected chi connectivity index (χ0v) is 9.58. The van der Waals surface area contributed by atoms with E-state index in [1.165, 1.54) is 0 Å². The zero-order chi connectivity index (χ0) is 11.1. The van der Waals surface area contributed by atoms with E-state index in [0.29, 0.717) is 6.54 Å². The van der Waals surface area contributed by atoms with Crippen LogP contribution in [0.15, 0.2) is 0 Å². The summed E-state index contributed by atoms with van der Waals surface area (Å²) in [6.07, 6.45) is 0. The van der Waals surface area contributed by atoms with Gasteiger partial charge in [0, 0.05) is 13.1 Å². The molecule has 0 fully saturated rings. The Morgan fingerprint density at radius 2 is 2.00 bits per heavy atom. The van der Waals surface area contributed by atoms with Gasteiger partial charge >= 0.3 is 0 Å². The van der Waals surface area contributed by atoms with Crippen molar-refractivity contribution in [3.05, 3.63) is 0 Å². The Hall–Kier alpha value is -0.610. The first-order valence-corrected chi connectivity index (χ1v) is 5.02. The second-order valence-electron chi connectivity index (χ2n) is 4.13. The lowest BCUT2D eigenvalue weighted by atomic mass is 9.96. The number of aliphatic hydroxyl groups excluding tert-OH is 1. The standard InChI is InChI=1S/C10H22N2O2/c1-8(2)9(7-13)10(14)11-5-6-12(3)4/h8-9,13H,5-7H2,1-4H3,(H,11,14). The third-order valence-corrected chi connectivity index (χ3v) is 2.20. The fraction of sp³-hybridized carbons (Fsp3) is 0.900. The Morgan fingerprint density at radius 1 is 1.43 bits per heavy atom. The largest absolute Gasteiger partial charge is 0.396 e. The number of carbonyl (C=O) groups excluding carboxylic acids is 1. The molecule has 1 atom stereocenters. The van der Waals surface area contributed by atoms with Crippen LogP contribution in [0.3, 0.4) is 0 Å². The molecule has 0 aliphatic heterocycles. The second kappa shape index (κ2) is 6.79. The van der Waals surface area contributed by atoms with Gasteiger partial charge in [-0.1, -0.05) is 13.8 Å². The lowest BCUT2D eigenvalue weighted by Crippen LogP contribution is -2.38. The van der Waals surface area contributed by atoms with Crippen molar-refractivity contribution in [2.45, 2.75) is 13.8 Å². The van der Waals surface area contributed by atoms with Crippen molar-refractivity contribution in [2.24, 2.45) is 11.8 Å². The van der Waals surface area contributed by atoms with Crippen LogP contribution >= 0.6 is 0 Å². The topological polar surface area (TPSA) is 52.6 Å². The molecule has 1 amide bonds. The van der Waals surface area contributed by atoms with Gasteiger partial charge in [-0.2, -0.15) is 0 Å². The summed E-state index contributed by atoms with van der Waals surface area (Å²) >= 11 is 0. The number of likely N-dealkylation sites (N-methyl/N-ethyl adjacent to an activating group) is 1. The van der Waals surface area contributed by atoms with Gasteiger partial charge in [-0.05, 0) is 20.0 Å². The van der Waals surface area contributed by atoms with E-state index in [9.17, 15) is 4.79 Å². The first-order chi connectivity index (χ1) is 6.49. The lowest BCUT2D eigenvalue weighted by Gasteiger charge is -2.18. The summed E-state index contributed by atoms with van der Waals surface area (Å²) in [7, 11) is 3.91. The minimum atomic E-state index is -0.280. The highest BCUT2D eigenvalue weighted by molar-refractivity contribution is 5.78. The first kappa shape index (κ1) is 13.4. The Morgan fingerprint density at radius 3 is 2.36 bits per heavy atom. The average molecular weight is 202 g/mol.